The summed E-state index contributed by atoms with van der Waals surface area (Å²) in [5.41, 5.74) is 5.42. The molecule has 0 aromatic heterocycles. The summed E-state index contributed by atoms with van der Waals surface area (Å²) in [7, 11) is 4.16. The molecule has 0 aliphatic carbocycles. The molecule has 0 bridgehead atoms. The number of aryl methyl sites for hydroxylation is 1. The third-order valence-electron chi connectivity index (χ3n) is 3.61. The molecule has 1 aromatic rings. The highest BCUT2D eigenvalue weighted by atomic mass is 15.1. The van der Waals surface area contributed by atoms with Crippen molar-refractivity contribution in [1.29, 1.82) is 5.26 Å². The van der Waals surface area contributed by atoms with Gasteiger partial charge in [0.2, 0.25) is 0 Å². The van der Waals surface area contributed by atoms with Gasteiger partial charge in [-0.1, -0.05) is 12.1 Å². The average Bonchev–Trinajstić information content (AvgIpc) is 2.28. The number of nitrogens with zero attached hydrogens (tertiary/aromatic N) is 2. The summed E-state index contributed by atoms with van der Waals surface area (Å²) in [5.74, 6) is 0. The molecule has 0 N–H and O–H groups in total. The van der Waals surface area contributed by atoms with Crippen LogP contribution in [0.5, 0.6) is 0 Å². The molecule has 92 valence electrons. The fraction of sp³-hybridized carbons (Fsp3) is 0.533. The summed E-state index contributed by atoms with van der Waals surface area (Å²) in [6.45, 7) is 6.50. The molecular formula is C15H22N2. The Labute approximate surface area is 105 Å². The normalized spacial score (nSPS) is 12.5. The van der Waals surface area contributed by atoms with Crippen molar-refractivity contribution < 1.29 is 0 Å². The second-order valence-electron chi connectivity index (χ2n) is 4.90. The van der Waals surface area contributed by atoms with E-state index < -0.39 is 0 Å². The van der Waals surface area contributed by atoms with E-state index in [-0.39, 0.29) is 0 Å². The molecule has 0 heterocycles. The molecule has 2 nitrogen and oxygen atoms in total. The fourth-order valence-corrected chi connectivity index (χ4v) is 2.23. The molecule has 0 fully saturated rings. The average molecular weight is 230 g/mol. The number of nitriles is 1. The summed E-state index contributed by atoms with van der Waals surface area (Å²) >= 11 is 0. The predicted octanol–water partition coefficient (Wildman–Crippen LogP) is 3.52. The lowest BCUT2D eigenvalue weighted by Crippen LogP contribution is -2.21. The summed E-state index contributed by atoms with van der Waals surface area (Å²) in [6, 6.07) is 6.97. The first-order valence-corrected chi connectivity index (χ1v) is 6.09. The van der Waals surface area contributed by atoms with Gasteiger partial charge in [0, 0.05) is 12.5 Å². The van der Waals surface area contributed by atoms with Crippen molar-refractivity contribution in [3.63, 3.8) is 0 Å². The highest BCUT2D eigenvalue weighted by Crippen LogP contribution is 2.29. The highest BCUT2D eigenvalue weighted by molar-refractivity contribution is 5.40. The number of hydrogen-bond acceptors (Lipinski definition) is 2. The van der Waals surface area contributed by atoms with Gasteiger partial charge in [-0.05, 0) is 63.5 Å². The highest BCUT2D eigenvalue weighted by Gasteiger charge is 2.17. The lowest BCUT2D eigenvalue weighted by molar-refractivity contribution is 0.285. The molecule has 1 aromatic carbocycles. The third-order valence-corrected chi connectivity index (χ3v) is 3.61. The second kappa shape index (κ2) is 5.84. The van der Waals surface area contributed by atoms with Gasteiger partial charge in [-0.15, -0.1) is 0 Å². The van der Waals surface area contributed by atoms with Gasteiger partial charge >= 0.3 is 0 Å². The first-order valence-electron chi connectivity index (χ1n) is 6.09. The van der Waals surface area contributed by atoms with Crippen LogP contribution >= 0.6 is 0 Å². The Morgan fingerprint density at radius 1 is 1.18 bits per heavy atom. The molecule has 2 heteroatoms. The number of benzene rings is 1. The van der Waals surface area contributed by atoms with E-state index in [1.807, 2.05) is 0 Å². The van der Waals surface area contributed by atoms with Crippen molar-refractivity contribution >= 4 is 0 Å². The molecule has 0 saturated heterocycles. The lowest BCUT2D eigenvalue weighted by atomic mass is 9.92. The Balaban J connectivity index is 3.11. The van der Waals surface area contributed by atoms with Crippen molar-refractivity contribution in [1.82, 2.24) is 4.90 Å². The molecule has 0 aliphatic rings. The van der Waals surface area contributed by atoms with E-state index in [9.17, 15) is 0 Å². The van der Waals surface area contributed by atoms with Gasteiger partial charge in [0.15, 0.2) is 0 Å². The van der Waals surface area contributed by atoms with Crippen molar-refractivity contribution in [3.05, 3.63) is 34.4 Å². The Morgan fingerprint density at radius 2 is 1.82 bits per heavy atom. The van der Waals surface area contributed by atoms with E-state index in [2.05, 4.69) is 58.0 Å². The molecular weight excluding hydrogens is 208 g/mol. The van der Waals surface area contributed by atoms with Crippen molar-refractivity contribution in [2.75, 3.05) is 14.1 Å². The van der Waals surface area contributed by atoms with Crippen LogP contribution in [0.4, 0.5) is 0 Å². The Morgan fingerprint density at radius 3 is 2.35 bits per heavy atom. The molecule has 1 unspecified atom stereocenters. The largest absolute Gasteiger partial charge is 0.302 e. The third kappa shape index (κ3) is 3.08. The Bertz CT molecular complexity index is 427. The fourth-order valence-electron chi connectivity index (χ4n) is 2.23. The maximum Gasteiger partial charge on any atom is 0.0622 e. The van der Waals surface area contributed by atoms with Gasteiger partial charge in [-0.3, -0.25) is 0 Å². The van der Waals surface area contributed by atoms with E-state index >= 15 is 0 Å². The zero-order valence-electron chi connectivity index (χ0n) is 11.5. The first kappa shape index (κ1) is 13.7. The van der Waals surface area contributed by atoms with E-state index in [1.165, 1.54) is 22.3 Å². The maximum atomic E-state index is 8.74. The standard InChI is InChI=1S/C15H22N2/c1-11-8-9-14(13(3)12(11)2)15(17(4)5)7-6-10-16/h8-9,15H,6-7H2,1-5H3. The van der Waals surface area contributed by atoms with Crippen LogP contribution in [0.3, 0.4) is 0 Å². The van der Waals surface area contributed by atoms with Crippen molar-refractivity contribution in [2.45, 2.75) is 39.7 Å². The quantitative estimate of drug-likeness (QED) is 0.791. The van der Waals surface area contributed by atoms with Crippen LogP contribution in [0, 0.1) is 32.1 Å². The molecule has 1 atom stereocenters. The van der Waals surface area contributed by atoms with E-state index in [0.717, 1.165) is 6.42 Å². The molecule has 0 amide bonds. The molecule has 17 heavy (non-hydrogen) atoms. The minimum atomic E-state index is 0.342. The monoisotopic (exact) mass is 230 g/mol. The second-order valence-corrected chi connectivity index (χ2v) is 4.90. The smallest absolute Gasteiger partial charge is 0.0622 e. The zero-order chi connectivity index (χ0) is 13.0. The summed E-state index contributed by atoms with van der Waals surface area (Å²) in [5, 5.41) is 8.74. The van der Waals surface area contributed by atoms with Gasteiger partial charge in [-0.25, -0.2) is 0 Å². The topological polar surface area (TPSA) is 27.0 Å². The summed E-state index contributed by atoms with van der Waals surface area (Å²) in [6.07, 6.45) is 1.50. The Kier molecular flexibility index (Phi) is 4.72. The van der Waals surface area contributed by atoms with E-state index in [1.54, 1.807) is 0 Å². The van der Waals surface area contributed by atoms with Crippen LogP contribution in [0.25, 0.3) is 0 Å². The minimum Gasteiger partial charge on any atom is -0.302 e. The van der Waals surface area contributed by atoms with E-state index in [0.29, 0.717) is 12.5 Å². The van der Waals surface area contributed by atoms with Gasteiger partial charge in [0.25, 0.3) is 0 Å². The first-order chi connectivity index (χ1) is 7.99. The predicted molar refractivity (Wildman–Crippen MR) is 71.9 cm³/mol. The number of hydrogen-bond donors (Lipinski definition) is 0. The van der Waals surface area contributed by atoms with Gasteiger partial charge in [0.1, 0.15) is 0 Å². The van der Waals surface area contributed by atoms with Crippen LogP contribution in [0.15, 0.2) is 12.1 Å². The molecule has 0 aliphatic heterocycles. The van der Waals surface area contributed by atoms with Crippen LogP contribution in [-0.4, -0.2) is 19.0 Å². The van der Waals surface area contributed by atoms with Crippen molar-refractivity contribution in [3.8, 4) is 6.07 Å². The SMILES string of the molecule is Cc1ccc(C(CCC#N)N(C)C)c(C)c1C. The van der Waals surface area contributed by atoms with Crippen LogP contribution in [-0.2, 0) is 0 Å². The molecule has 1 rings (SSSR count). The van der Waals surface area contributed by atoms with Gasteiger partial charge in [-0.2, -0.15) is 5.26 Å². The molecule has 0 spiro atoms. The summed E-state index contributed by atoms with van der Waals surface area (Å²) < 4.78 is 0. The Hall–Kier alpha value is -1.33. The lowest BCUT2D eigenvalue weighted by Gasteiger charge is -2.26. The maximum absolute atomic E-state index is 8.74. The minimum absolute atomic E-state index is 0.342. The molecule has 0 radical (unpaired) electrons. The number of rotatable bonds is 4. The van der Waals surface area contributed by atoms with Crippen LogP contribution in [0.2, 0.25) is 0 Å². The molecule has 0 saturated carbocycles. The van der Waals surface area contributed by atoms with Crippen LogP contribution in [0.1, 0.15) is 41.1 Å². The van der Waals surface area contributed by atoms with Gasteiger partial charge < -0.3 is 4.90 Å². The van der Waals surface area contributed by atoms with E-state index in [4.69, 9.17) is 5.26 Å². The van der Waals surface area contributed by atoms with Crippen LogP contribution < -0.4 is 0 Å². The summed E-state index contributed by atoms with van der Waals surface area (Å²) in [4.78, 5) is 2.20. The van der Waals surface area contributed by atoms with Gasteiger partial charge in [0.05, 0.1) is 6.07 Å². The van der Waals surface area contributed by atoms with Crippen molar-refractivity contribution in [2.24, 2.45) is 0 Å². The zero-order valence-corrected chi connectivity index (χ0v) is 11.5.